The third-order valence-electron chi connectivity index (χ3n) is 3.48. The van der Waals surface area contributed by atoms with E-state index in [0.717, 1.165) is 17.8 Å². The van der Waals surface area contributed by atoms with Gasteiger partial charge in [0.15, 0.2) is 6.04 Å². The molecule has 1 rings (SSSR count). The van der Waals surface area contributed by atoms with Crippen molar-refractivity contribution >= 4 is 29.1 Å². The highest BCUT2D eigenvalue weighted by Gasteiger charge is 2.28. The van der Waals surface area contributed by atoms with Gasteiger partial charge in [-0.15, -0.1) is 11.3 Å². The number of hydrogen-bond acceptors (Lipinski definition) is 8. The van der Waals surface area contributed by atoms with E-state index in [1.165, 1.54) is 31.8 Å². The van der Waals surface area contributed by atoms with Gasteiger partial charge in [0, 0.05) is 14.2 Å². The molecule has 0 aliphatic rings. The van der Waals surface area contributed by atoms with Crippen LogP contribution in [0.15, 0.2) is 6.20 Å². The molecule has 0 aromatic carbocycles. The molecule has 2 atom stereocenters. The maximum Gasteiger partial charge on any atom is 0.331 e. The van der Waals surface area contributed by atoms with E-state index in [2.05, 4.69) is 15.6 Å². The van der Waals surface area contributed by atoms with Crippen molar-refractivity contribution in [2.75, 3.05) is 34.0 Å². The molecule has 1 aromatic rings. The van der Waals surface area contributed by atoms with Crippen molar-refractivity contribution in [1.29, 1.82) is 0 Å². The molecule has 2 amide bonds. The van der Waals surface area contributed by atoms with Gasteiger partial charge in [0.1, 0.15) is 10.9 Å². The lowest BCUT2D eigenvalue weighted by Crippen LogP contribution is -2.54. The number of nitrogens with zero attached hydrogens (tertiary/aromatic N) is 1. The van der Waals surface area contributed by atoms with Crippen molar-refractivity contribution in [3.63, 3.8) is 0 Å². The Kier molecular flexibility index (Phi) is 10.5. The van der Waals surface area contributed by atoms with Crippen LogP contribution >= 0.6 is 11.3 Å². The van der Waals surface area contributed by atoms with Gasteiger partial charge in [0.25, 0.3) is 5.91 Å². The van der Waals surface area contributed by atoms with Gasteiger partial charge < -0.3 is 24.8 Å². The quantitative estimate of drug-likeness (QED) is 0.391. The van der Waals surface area contributed by atoms with Crippen LogP contribution in [-0.2, 0) is 23.8 Å². The smallest absolute Gasteiger partial charge is 0.331 e. The van der Waals surface area contributed by atoms with E-state index in [0.29, 0.717) is 4.88 Å². The van der Waals surface area contributed by atoms with E-state index < -0.39 is 29.9 Å². The number of aromatic nitrogens is 1. The Morgan fingerprint density at radius 3 is 2.37 bits per heavy atom. The van der Waals surface area contributed by atoms with Gasteiger partial charge in [-0.3, -0.25) is 9.59 Å². The second kappa shape index (κ2) is 12.4. The molecule has 27 heavy (non-hydrogen) atoms. The van der Waals surface area contributed by atoms with E-state index in [9.17, 15) is 14.4 Å². The number of thiazole rings is 1. The lowest BCUT2D eigenvalue weighted by molar-refractivity contribution is -0.149. The third-order valence-corrected chi connectivity index (χ3v) is 4.39. The minimum atomic E-state index is -0.979. The van der Waals surface area contributed by atoms with Gasteiger partial charge in [-0.1, -0.05) is 13.3 Å². The van der Waals surface area contributed by atoms with E-state index in [4.69, 9.17) is 14.2 Å². The molecule has 1 aromatic heterocycles. The fraction of sp³-hybridized carbons (Fsp3) is 0.647. The van der Waals surface area contributed by atoms with E-state index in [1.807, 2.05) is 6.92 Å². The van der Waals surface area contributed by atoms with Crippen molar-refractivity contribution in [3.8, 4) is 0 Å². The molecule has 0 fully saturated rings. The highest BCUT2D eigenvalue weighted by molar-refractivity contribution is 7.13. The Hall–Kier alpha value is -2.04. The minimum Gasteiger partial charge on any atom is -0.464 e. The molecule has 10 heteroatoms. The van der Waals surface area contributed by atoms with Crippen molar-refractivity contribution in [3.05, 3.63) is 16.1 Å². The van der Waals surface area contributed by atoms with Crippen molar-refractivity contribution < 1.29 is 28.6 Å². The van der Waals surface area contributed by atoms with Crippen molar-refractivity contribution in [2.24, 2.45) is 0 Å². The summed E-state index contributed by atoms with van der Waals surface area (Å²) in [6.45, 7) is 3.93. The standard InChI is InChI=1S/C17H27N3O6S/c1-5-6-7-26-17(23)13(10-25-4)20-15(21)12(9-24-3)19-16(22)14-8-18-11(2)27-14/h8,12-13H,5-7,9-10H2,1-4H3,(H,19,22)(H,20,21)/t12-,13-/m0/s1. The van der Waals surface area contributed by atoms with E-state index in [-0.39, 0.29) is 19.8 Å². The highest BCUT2D eigenvalue weighted by atomic mass is 32.1. The molecule has 0 bridgehead atoms. The SMILES string of the molecule is CCCCOC(=O)[C@H](COC)NC(=O)[C@H](COC)NC(=O)c1cnc(C)s1. The Morgan fingerprint density at radius 1 is 1.15 bits per heavy atom. The molecule has 0 spiro atoms. The maximum absolute atomic E-state index is 12.5. The van der Waals surface area contributed by atoms with Crippen LogP contribution in [0.25, 0.3) is 0 Å². The number of unbranched alkanes of at least 4 members (excludes halogenated alkanes) is 1. The van der Waals surface area contributed by atoms with Crippen LogP contribution in [-0.4, -0.2) is 68.9 Å². The zero-order valence-corrected chi connectivity index (χ0v) is 16.9. The maximum atomic E-state index is 12.5. The number of carbonyl (C=O) groups is 3. The summed E-state index contributed by atoms with van der Waals surface area (Å²) in [5, 5.41) is 5.87. The predicted octanol–water partition coefficient (Wildman–Crippen LogP) is 0.671. The van der Waals surface area contributed by atoms with Gasteiger partial charge in [-0.05, 0) is 13.3 Å². The van der Waals surface area contributed by atoms with Crippen LogP contribution in [0.3, 0.4) is 0 Å². The van der Waals surface area contributed by atoms with Crippen molar-refractivity contribution in [2.45, 2.75) is 38.8 Å². The van der Waals surface area contributed by atoms with Crippen molar-refractivity contribution in [1.82, 2.24) is 15.6 Å². The highest BCUT2D eigenvalue weighted by Crippen LogP contribution is 2.11. The number of carbonyl (C=O) groups excluding carboxylic acids is 3. The first-order chi connectivity index (χ1) is 12.9. The number of esters is 1. The normalized spacial score (nSPS) is 12.9. The summed E-state index contributed by atoms with van der Waals surface area (Å²) >= 11 is 1.22. The average molecular weight is 401 g/mol. The monoisotopic (exact) mass is 401 g/mol. The molecule has 0 aliphatic carbocycles. The van der Waals surface area contributed by atoms with Gasteiger partial charge in [-0.25, -0.2) is 9.78 Å². The summed E-state index contributed by atoms with van der Waals surface area (Å²) in [7, 11) is 2.83. The molecule has 0 saturated carbocycles. The second-order valence-corrected chi connectivity index (χ2v) is 7.00. The number of rotatable bonds is 12. The number of methoxy groups -OCH3 is 2. The van der Waals surface area contributed by atoms with E-state index >= 15 is 0 Å². The fourth-order valence-electron chi connectivity index (χ4n) is 2.07. The first kappa shape index (κ1) is 23.0. The summed E-state index contributed by atoms with van der Waals surface area (Å²) in [5.74, 6) is -1.59. The molecule has 1 heterocycles. The molecule has 0 radical (unpaired) electrons. The largest absolute Gasteiger partial charge is 0.464 e. The molecule has 9 nitrogen and oxygen atoms in total. The molecule has 0 saturated heterocycles. The predicted molar refractivity (Wildman–Crippen MR) is 99.7 cm³/mol. The third kappa shape index (κ3) is 8.02. The Balaban J connectivity index is 2.72. The molecular formula is C17H27N3O6S. The number of ether oxygens (including phenoxy) is 3. The summed E-state index contributed by atoms with van der Waals surface area (Å²) in [4.78, 5) is 41.3. The molecule has 2 N–H and O–H groups in total. The Labute approximate surface area is 162 Å². The summed E-state index contributed by atoms with van der Waals surface area (Å²) in [6, 6.07) is -1.95. The second-order valence-electron chi connectivity index (χ2n) is 5.76. The zero-order valence-electron chi connectivity index (χ0n) is 16.1. The molecule has 0 unspecified atom stereocenters. The van der Waals surface area contributed by atoms with Crippen LogP contribution in [0.5, 0.6) is 0 Å². The van der Waals surface area contributed by atoms with Crippen LogP contribution in [0.4, 0.5) is 0 Å². The molecule has 0 aliphatic heterocycles. The summed E-state index contributed by atoms with van der Waals surface area (Å²) < 4.78 is 15.1. The van der Waals surface area contributed by atoms with Gasteiger partial charge in [-0.2, -0.15) is 0 Å². The van der Waals surface area contributed by atoms with E-state index in [1.54, 1.807) is 6.92 Å². The first-order valence-corrected chi connectivity index (χ1v) is 9.42. The number of hydrogen-bond donors (Lipinski definition) is 2. The zero-order chi connectivity index (χ0) is 20.2. The lowest BCUT2D eigenvalue weighted by atomic mass is 10.2. The summed E-state index contributed by atoms with van der Waals surface area (Å²) in [5.41, 5.74) is 0. The lowest BCUT2D eigenvalue weighted by Gasteiger charge is -2.21. The molecular weight excluding hydrogens is 374 g/mol. The number of amides is 2. The topological polar surface area (TPSA) is 116 Å². The van der Waals surface area contributed by atoms with Gasteiger partial charge in [0.05, 0.1) is 31.0 Å². The summed E-state index contributed by atoms with van der Waals surface area (Å²) in [6.07, 6.45) is 3.06. The Bertz CT molecular complexity index is 622. The van der Waals surface area contributed by atoms with Crippen LogP contribution in [0.2, 0.25) is 0 Å². The van der Waals surface area contributed by atoms with Crippen LogP contribution in [0, 0.1) is 6.92 Å². The molecule has 152 valence electrons. The van der Waals surface area contributed by atoms with Crippen LogP contribution in [0.1, 0.15) is 34.4 Å². The van der Waals surface area contributed by atoms with Crippen LogP contribution < -0.4 is 10.6 Å². The average Bonchev–Trinajstić information content (AvgIpc) is 3.07. The number of aryl methyl sites for hydroxylation is 1. The Morgan fingerprint density at radius 2 is 1.81 bits per heavy atom. The minimum absolute atomic E-state index is 0.0433. The van der Waals surface area contributed by atoms with Gasteiger partial charge in [0.2, 0.25) is 5.91 Å². The number of nitrogens with one attached hydrogen (secondary N) is 2. The van der Waals surface area contributed by atoms with Gasteiger partial charge >= 0.3 is 5.97 Å². The first-order valence-electron chi connectivity index (χ1n) is 8.61. The fourth-order valence-corrected chi connectivity index (χ4v) is 2.75.